The number of thiophene rings is 5. The quantitative estimate of drug-likeness (QED) is 0.0998. The predicted octanol–water partition coefficient (Wildman–Crippen LogP) is 40.9. The molecule has 0 radical (unpaired) electrons. The van der Waals surface area contributed by atoms with Gasteiger partial charge in [0.1, 0.15) is 0 Å². The maximum Gasteiger partial charge on any atom is 0.0352 e. The zero-order valence-corrected chi connectivity index (χ0v) is 81.1. The first kappa shape index (κ1) is 85.4. The van der Waals surface area contributed by atoms with E-state index in [-0.39, 0.29) is 0 Å². The van der Waals surface area contributed by atoms with E-state index in [0.29, 0.717) is 0 Å². The van der Waals surface area contributed by atoms with Crippen LogP contribution < -0.4 is 0 Å². The lowest BCUT2D eigenvalue weighted by Gasteiger charge is -2.19. The molecule has 23 aromatic carbocycles. The monoisotopic (exact) mass is 1850 g/mol. The van der Waals surface area contributed by atoms with E-state index in [1.165, 1.54) is 272 Å². The van der Waals surface area contributed by atoms with Crippen molar-refractivity contribution in [2.75, 3.05) is 0 Å². The Balaban J connectivity index is 0.0000000962. The van der Waals surface area contributed by atoms with Crippen LogP contribution in [-0.2, 0) is 0 Å². The summed E-state index contributed by atoms with van der Waals surface area (Å²) in [4.78, 5) is 13.4. The Bertz CT molecular complexity index is 9490. The number of hydrogen-bond acceptors (Lipinski definition) is 5. The normalized spacial score (nSPS) is 11.5. The van der Waals surface area contributed by atoms with Crippen LogP contribution in [0.5, 0.6) is 0 Å². The van der Waals surface area contributed by atoms with Crippen LogP contribution in [0, 0.1) is 34.6 Å². The lowest BCUT2D eigenvalue weighted by atomic mass is 9.84. The molecule has 0 fully saturated rings. The van der Waals surface area contributed by atoms with Crippen LogP contribution in [0.3, 0.4) is 0 Å². The summed E-state index contributed by atoms with van der Waals surface area (Å²) in [5.74, 6) is 0. The number of aryl methyl sites for hydroxylation is 5. The Kier molecular flexibility index (Phi) is 22.6. The molecule has 0 bridgehead atoms. The Morgan fingerprint density at radius 2 is 0.399 bits per heavy atom. The van der Waals surface area contributed by atoms with E-state index in [1.807, 2.05) is 56.7 Å². The molecule has 0 unspecified atom stereocenters. The van der Waals surface area contributed by atoms with E-state index >= 15 is 0 Å². The fourth-order valence-corrected chi connectivity index (χ4v) is 25.4. The first-order valence-electron chi connectivity index (χ1n) is 47.3. The summed E-state index contributed by atoms with van der Waals surface area (Å²) in [5.41, 5.74) is 16.8. The maximum atomic E-state index is 2.42. The largest absolute Gasteiger partial charge is 0.141 e. The first-order valence-corrected chi connectivity index (χ1v) is 51.4. The summed E-state index contributed by atoms with van der Waals surface area (Å²) in [6.45, 7) is 10.9. The van der Waals surface area contributed by atoms with Crippen molar-refractivity contribution in [2.24, 2.45) is 0 Å². The summed E-state index contributed by atoms with van der Waals surface area (Å²) in [6.07, 6.45) is 0. The van der Waals surface area contributed by atoms with Crippen molar-refractivity contribution in [3.8, 4) is 96.7 Å². The molecule has 28 rings (SSSR count). The van der Waals surface area contributed by atoms with Gasteiger partial charge < -0.3 is 0 Å². The number of hydrogen-bond donors (Lipinski definition) is 0. The molecule has 0 aliphatic rings. The SMILES string of the molecule is Cc1ccc(-c2cc3ccccc3c3ccccc23)s1.Cc1ccc(-c2ccc3c(-c4ccc5ccccc5c4)c4ccccc4c(-c4ccc5ccccc5c4)c3c2)s1.Cc1ccc(-c2ccc3c(-c4ccccc4)c4ccccc4c(-c4ccccc4)c3c2)s1.Cc1ccc(-c2ccc3c4ccccc4c4ccccc4c3c2)s1.Cc1ccc(-c2ccc3ccc4cccc5ccc2c3c45)s1. The van der Waals surface area contributed by atoms with E-state index in [4.69, 9.17) is 0 Å². The molecule has 654 valence electrons. The van der Waals surface area contributed by atoms with E-state index in [0.717, 1.165) is 0 Å². The zero-order chi connectivity index (χ0) is 92.4. The van der Waals surface area contributed by atoms with Crippen molar-refractivity contribution in [3.05, 3.63) is 491 Å². The molecule has 0 saturated heterocycles. The highest BCUT2D eigenvalue weighted by Gasteiger charge is 2.23. The van der Waals surface area contributed by atoms with Gasteiger partial charge in [0.25, 0.3) is 0 Å². The van der Waals surface area contributed by atoms with Crippen LogP contribution in [0.1, 0.15) is 24.4 Å². The zero-order valence-electron chi connectivity index (χ0n) is 77.0. The average molecular weight is 1850 g/mol. The minimum atomic E-state index is 1.25. The van der Waals surface area contributed by atoms with Gasteiger partial charge in [0.05, 0.1) is 0 Å². The van der Waals surface area contributed by atoms with Gasteiger partial charge in [-0.3, -0.25) is 0 Å². The lowest BCUT2D eigenvalue weighted by Crippen LogP contribution is -1.92. The predicted molar refractivity (Wildman–Crippen MR) is 610 cm³/mol. The second-order valence-electron chi connectivity index (χ2n) is 36.0. The van der Waals surface area contributed by atoms with E-state index in [1.54, 1.807) is 0 Å². The maximum absolute atomic E-state index is 2.42. The molecule has 28 aromatic rings. The molecule has 5 heteroatoms. The van der Waals surface area contributed by atoms with Gasteiger partial charge in [-0.15, -0.1) is 56.7 Å². The van der Waals surface area contributed by atoms with Gasteiger partial charge in [-0.05, 0) is 349 Å². The minimum Gasteiger partial charge on any atom is -0.141 e. The van der Waals surface area contributed by atoms with Crippen LogP contribution in [0.4, 0.5) is 0 Å². The molecule has 5 aromatic heterocycles. The third-order valence-corrected chi connectivity index (χ3v) is 32.6. The summed E-state index contributed by atoms with van der Waals surface area (Å²) < 4.78 is 0. The lowest BCUT2D eigenvalue weighted by molar-refractivity contribution is 1.64. The first-order chi connectivity index (χ1) is 68.0. The van der Waals surface area contributed by atoms with Crippen molar-refractivity contribution in [1.29, 1.82) is 0 Å². The highest BCUT2D eigenvalue weighted by atomic mass is 32.1. The fraction of sp³-hybridized carbons (Fsp3) is 0.0376. The standard InChI is InChI=1S/C39H26S.C31H22S.C23H16S.C21H14S.C19H14S/c1-25-14-21-37(40-25)30-19-20-35-36(24-30)39(32-18-16-27-9-3-5-11-29(27)23-32)34-13-7-6-12-33(34)38(35)31-17-15-26-8-2-4-10-28(26)22-31;1-21-16-19-29(32-21)24-17-18-27-28(20-24)31(23-12-6-3-7-13-23)26-15-9-8-14-25(26)30(27)22-10-4-2-5-11-22;1-15-10-13-23(24-15)16-11-12-21-19-8-3-2-6-17(19)18-7-4-5-9-20(18)22(21)14-16;1-13-5-12-19(22-13)17-10-8-16-7-6-14-3-2-4-15-9-11-18(17)21(16)20(14)15;1-13-10-11-19(20-13)18-12-14-6-2-3-7-15(14)16-8-4-5-9-17(16)18/h2-24H,1H3;2-20H,1H3;2-14H,1H3;2-12H,1H3;2-12H,1H3. The molecule has 0 spiro atoms. The molecule has 0 N–H and O–H groups in total. The number of benzene rings is 23. The summed E-state index contributed by atoms with van der Waals surface area (Å²) >= 11 is 9.31. The van der Waals surface area contributed by atoms with Crippen molar-refractivity contribution >= 4 is 207 Å². The fourth-order valence-electron chi connectivity index (χ4n) is 21.0. The van der Waals surface area contributed by atoms with E-state index < -0.39 is 0 Å². The van der Waals surface area contributed by atoms with Gasteiger partial charge in [-0.2, -0.15) is 0 Å². The van der Waals surface area contributed by atoms with Crippen LogP contribution in [0.2, 0.25) is 0 Å². The Morgan fingerprint density at radius 1 is 0.123 bits per heavy atom. The highest BCUT2D eigenvalue weighted by molar-refractivity contribution is 7.16. The van der Waals surface area contributed by atoms with Crippen molar-refractivity contribution in [2.45, 2.75) is 34.6 Å². The minimum absolute atomic E-state index is 1.25. The summed E-state index contributed by atoms with van der Waals surface area (Å²) in [6, 6.07) is 171. The molecule has 0 nitrogen and oxygen atoms in total. The summed E-state index contributed by atoms with van der Waals surface area (Å²) in [7, 11) is 0. The van der Waals surface area contributed by atoms with Gasteiger partial charge in [-0.1, -0.05) is 370 Å². The molecule has 0 aliphatic heterocycles. The Labute approximate surface area is 823 Å². The molecule has 0 amide bonds. The number of fused-ring (bicyclic) bond motifs is 15. The molecule has 5 heterocycles. The smallest absolute Gasteiger partial charge is 0.0352 e. The van der Waals surface area contributed by atoms with Gasteiger partial charge in [0, 0.05) is 54.3 Å². The Morgan fingerprint density at radius 3 is 0.841 bits per heavy atom. The highest BCUT2D eigenvalue weighted by Crippen LogP contribution is 2.51. The number of rotatable bonds is 9. The van der Waals surface area contributed by atoms with Crippen LogP contribution in [0.25, 0.3) is 248 Å². The average Bonchev–Trinajstić information content (AvgIpc) is 0.960. The van der Waals surface area contributed by atoms with Gasteiger partial charge in [-0.25, -0.2) is 0 Å². The van der Waals surface area contributed by atoms with E-state index in [2.05, 4.69) is 502 Å². The van der Waals surface area contributed by atoms with Crippen molar-refractivity contribution in [3.63, 3.8) is 0 Å². The van der Waals surface area contributed by atoms with Gasteiger partial charge >= 0.3 is 0 Å². The third kappa shape index (κ3) is 16.0. The van der Waals surface area contributed by atoms with E-state index in [9.17, 15) is 0 Å². The second kappa shape index (κ2) is 36.6. The molecule has 0 saturated carbocycles. The van der Waals surface area contributed by atoms with Crippen molar-refractivity contribution in [1.82, 2.24) is 0 Å². The van der Waals surface area contributed by atoms with Crippen LogP contribution in [-0.4, -0.2) is 0 Å². The van der Waals surface area contributed by atoms with Gasteiger partial charge in [0.15, 0.2) is 0 Å². The second-order valence-corrected chi connectivity index (χ2v) is 42.5. The molecule has 0 aliphatic carbocycles. The molecule has 138 heavy (non-hydrogen) atoms. The van der Waals surface area contributed by atoms with Crippen molar-refractivity contribution < 1.29 is 0 Å². The molecule has 0 atom stereocenters. The van der Waals surface area contributed by atoms with Crippen LogP contribution >= 0.6 is 56.7 Å². The summed E-state index contributed by atoms with van der Waals surface area (Å²) in [5, 5.41) is 36.9. The molecular weight excluding hydrogens is 1760 g/mol. The third-order valence-electron chi connectivity index (χ3n) is 27.4. The topological polar surface area (TPSA) is 0 Å². The van der Waals surface area contributed by atoms with Crippen LogP contribution in [0.15, 0.2) is 467 Å². The molecular formula is C133H92S5. The Hall–Kier alpha value is -15.5. The van der Waals surface area contributed by atoms with Gasteiger partial charge in [0.2, 0.25) is 0 Å².